The Labute approximate surface area is 122 Å². The van der Waals surface area contributed by atoms with Gasteiger partial charge in [-0.05, 0) is 56.6 Å². The van der Waals surface area contributed by atoms with E-state index in [1.165, 1.54) is 19.1 Å². The lowest BCUT2D eigenvalue weighted by molar-refractivity contribution is 0.234. The van der Waals surface area contributed by atoms with Gasteiger partial charge in [-0.3, -0.25) is 0 Å². The van der Waals surface area contributed by atoms with Gasteiger partial charge in [0.1, 0.15) is 0 Å². The summed E-state index contributed by atoms with van der Waals surface area (Å²) in [6, 6.07) is 7.22. The summed E-state index contributed by atoms with van der Waals surface area (Å²) >= 11 is 0. The molecule has 2 rings (SSSR count). The highest BCUT2D eigenvalue weighted by molar-refractivity contribution is 7.90. The highest BCUT2D eigenvalue weighted by Crippen LogP contribution is 2.15. The molecule has 0 unspecified atom stereocenters. The number of hydrogen-bond donors (Lipinski definition) is 1. The van der Waals surface area contributed by atoms with E-state index in [0.29, 0.717) is 4.90 Å². The molecular weight excluding hydrogens is 272 g/mol. The lowest BCUT2D eigenvalue weighted by atomic mass is 9.97. The molecule has 1 saturated heterocycles. The Kier molecular flexibility index (Phi) is 5.18. The van der Waals surface area contributed by atoms with Crippen LogP contribution in [0.15, 0.2) is 29.2 Å². The van der Waals surface area contributed by atoms with E-state index in [2.05, 4.69) is 17.3 Å². The quantitative estimate of drug-likeness (QED) is 0.895. The predicted octanol–water partition coefficient (Wildman–Crippen LogP) is 1.52. The van der Waals surface area contributed by atoms with E-state index in [-0.39, 0.29) is 0 Å². The molecule has 0 atom stereocenters. The van der Waals surface area contributed by atoms with Crippen molar-refractivity contribution in [1.82, 2.24) is 10.2 Å². The third-order valence-corrected chi connectivity index (χ3v) is 4.96. The fraction of sp³-hybridized carbons (Fsp3) is 0.600. The zero-order valence-electron chi connectivity index (χ0n) is 12.3. The van der Waals surface area contributed by atoms with E-state index in [0.717, 1.165) is 37.7 Å². The summed E-state index contributed by atoms with van der Waals surface area (Å²) in [4.78, 5) is 2.72. The van der Waals surface area contributed by atoms with Gasteiger partial charge in [-0.2, -0.15) is 0 Å². The average molecular weight is 296 g/mol. The summed E-state index contributed by atoms with van der Waals surface area (Å²) in [7, 11) is -0.960. The molecule has 0 spiro atoms. The van der Waals surface area contributed by atoms with Gasteiger partial charge in [-0.25, -0.2) is 8.42 Å². The fourth-order valence-corrected chi connectivity index (χ4v) is 3.35. The molecule has 0 saturated carbocycles. The van der Waals surface area contributed by atoms with Crippen LogP contribution in [0.3, 0.4) is 0 Å². The summed E-state index contributed by atoms with van der Waals surface area (Å²) in [5.74, 6) is 0.775. The van der Waals surface area contributed by atoms with Crippen LogP contribution in [0.1, 0.15) is 18.4 Å². The Morgan fingerprint density at radius 1 is 1.20 bits per heavy atom. The van der Waals surface area contributed by atoms with Gasteiger partial charge < -0.3 is 10.2 Å². The number of hydrogen-bond acceptors (Lipinski definition) is 4. The monoisotopic (exact) mass is 296 g/mol. The molecule has 0 amide bonds. The van der Waals surface area contributed by atoms with E-state index in [1.54, 1.807) is 12.1 Å². The molecule has 0 aliphatic carbocycles. The highest BCUT2D eigenvalue weighted by Gasteiger charge is 2.15. The smallest absolute Gasteiger partial charge is 0.175 e. The highest BCUT2D eigenvalue weighted by atomic mass is 32.2. The number of nitrogens with one attached hydrogen (secondary N) is 1. The van der Waals surface area contributed by atoms with Crippen molar-refractivity contribution in [1.29, 1.82) is 0 Å². The van der Waals surface area contributed by atoms with Crippen LogP contribution in [0.25, 0.3) is 0 Å². The maximum absolute atomic E-state index is 11.4. The van der Waals surface area contributed by atoms with Crippen LogP contribution in [0.5, 0.6) is 0 Å². The van der Waals surface area contributed by atoms with Gasteiger partial charge in [0.25, 0.3) is 0 Å². The van der Waals surface area contributed by atoms with Gasteiger partial charge >= 0.3 is 0 Å². The average Bonchev–Trinajstić information content (AvgIpc) is 2.39. The Morgan fingerprint density at radius 2 is 1.80 bits per heavy atom. The molecule has 1 aliphatic rings. The van der Waals surface area contributed by atoms with Crippen LogP contribution in [0.2, 0.25) is 0 Å². The summed E-state index contributed by atoms with van der Waals surface area (Å²) in [5, 5.41) is 3.38. The predicted molar refractivity (Wildman–Crippen MR) is 81.5 cm³/mol. The largest absolute Gasteiger partial charge is 0.317 e. The molecule has 0 radical (unpaired) electrons. The maximum atomic E-state index is 11.4. The minimum atomic E-state index is -3.09. The Hall–Kier alpha value is -0.910. The van der Waals surface area contributed by atoms with Crippen molar-refractivity contribution in [3.63, 3.8) is 0 Å². The molecule has 4 nitrogen and oxygen atoms in total. The Morgan fingerprint density at radius 3 is 2.35 bits per heavy atom. The van der Waals surface area contributed by atoms with Crippen molar-refractivity contribution in [3.05, 3.63) is 29.8 Å². The molecule has 1 aromatic carbocycles. The van der Waals surface area contributed by atoms with Crippen molar-refractivity contribution in [2.45, 2.75) is 24.3 Å². The SMILES string of the molecule is CN(Cc1ccc(S(C)(=O)=O)cc1)CC1CCNCC1. The minimum Gasteiger partial charge on any atom is -0.317 e. The summed E-state index contributed by atoms with van der Waals surface area (Å²) in [5.41, 5.74) is 1.16. The van der Waals surface area contributed by atoms with Crippen molar-refractivity contribution < 1.29 is 8.42 Å². The second-order valence-corrected chi connectivity index (χ2v) is 7.82. The number of rotatable bonds is 5. The van der Waals surface area contributed by atoms with Crippen LogP contribution in [-0.2, 0) is 16.4 Å². The lowest BCUT2D eigenvalue weighted by Gasteiger charge is -2.27. The molecule has 1 heterocycles. The molecular formula is C15H24N2O2S. The first-order valence-corrected chi connectivity index (χ1v) is 9.02. The van der Waals surface area contributed by atoms with Gasteiger partial charge in [0.2, 0.25) is 0 Å². The van der Waals surface area contributed by atoms with Crippen molar-refractivity contribution >= 4 is 9.84 Å². The molecule has 5 heteroatoms. The van der Waals surface area contributed by atoms with Gasteiger partial charge in [-0.1, -0.05) is 12.1 Å². The number of benzene rings is 1. The van der Waals surface area contributed by atoms with Crippen molar-refractivity contribution in [2.24, 2.45) is 5.92 Å². The zero-order chi connectivity index (χ0) is 14.6. The van der Waals surface area contributed by atoms with E-state index in [4.69, 9.17) is 0 Å². The summed E-state index contributed by atoms with van der Waals surface area (Å²) in [6.45, 7) is 4.23. The van der Waals surface area contributed by atoms with Crippen molar-refractivity contribution in [3.8, 4) is 0 Å². The van der Waals surface area contributed by atoms with Crippen LogP contribution in [0.4, 0.5) is 0 Å². The van der Waals surface area contributed by atoms with Crippen LogP contribution in [0, 0.1) is 5.92 Å². The van der Waals surface area contributed by atoms with Crippen LogP contribution >= 0.6 is 0 Å². The number of nitrogens with zero attached hydrogens (tertiary/aromatic N) is 1. The zero-order valence-corrected chi connectivity index (χ0v) is 13.1. The van der Waals surface area contributed by atoms with Crippen LogP contribution in [-0.4, -0.2) is 46.3 Å². The maximum Gasteiger partial charge on any atom is 0.175 e. The summed E-state index contributed by atoms with van der Waals surface area (Å²) in [6.07, 6.45) is 3.74. The standard InChI is InChI=1S/C15H24N2O2S/c1-17(12-14-7-9-16-10-8-14)11-13-3-5-15(6-4-13)20(2,18)19/h3-6,14,16H,7-12H2,1-2H3. The molecule has 112 valence electrons. The van der Waals surface area contributed by atoms with Gasteiger partial charge in [0.15, 0.2) is 9.84 Å². The summed E-state index contributed by atoms with van der Waals surface area (Å²) < 4.78 is 22.8. The molecule has 20 heavy (non-hydrogen) atoms. The number of sulfone groups is 1. The molecule has 1 N–H and O–H groups in total. The first-order chi connectivity index (χ1) is 9.45. The first-order valence-electron chi connectivity index (χ1n) is 7.13. The number of piperidine rings is 1. The van der Waals surface area contributed by atoms with Gasteiger partial charge in [-0.15, -0.1) is 0 Å². The lowest BCUT2D eigenvalue weighted by Crippen LogP contribution is -2.34. The Bertz CT molecular complexity index is 519. The second-order valence-electron chi connectivity index (χ2n) is 5.81. The third-order valence-electron chi connectivity index (χ3n) is 3.83. The van der Waals surface area contributed by atoms with E-state index in [1.807, 2.05) is 12.1 Å². The minimum absolute atomic E-state index is 0.391. The molecule has 0 bridgehead atoms. The van der Waals surface area contributed by atoms with Gasteiger partial charge in [0, 0.05) is 19.3 Å². The topological polar surface area (TPSA) is 49.4 Å². The fourth-order valence-electron chi connectivity index (χ4n) is 2.72. The second kappa shape index (κ2) is 6.70. The molecule has 1 fully saturated rings. The molecule has 0 aromatic heterocycles. The van der Waals surface area contributed by atoms with E-state index < -0.39 is 9.84 Å². The van der Waals surface area contributed by atoms with E-state index >= 15 is 0 Å². The normalized spacial score (nSPS) is 17.6. The molecule has 1 aromatic rings. The van der Waals surface area contributed by atoms with Crippen molar-refractivity contribution in [2.75, 3.05) is 32.9 Å². The third kappa shape index (κ3) is 4.58. The first kappa shape index (κ1) is 15.5. The van der Waals surface area contributed by atoms with Gasteiger partial charge in [0.05, 0.1) is 4.90 Å². The molecule has 1 aliphatic heterocycles. The van der Waals surface area contributed by atoms with E-state index in [9.17, 15) is 8.42 Å². The Balaban J connectivity index is 1.89. The van der Waals surface area contributed by atoms with Crippen LogP contribution < -0.4 is 5.32 Å².